The number of aliphatic carboxylic acids is 1. The van der Waals surface area contributed by atoms with Gasteiger partial charge in [-0.25, -0.2) is 4.98 Å². The number of carboxylic acid groups (broad SMARTS) is 1. The molecule has 1 aromatic heterocycles. The molecule has 0 aliphatic carbocycles. The normalized spacial score (nSPS) is 24.1. The van der Waals surface area contributed by atoms with Crippen LogP contribution in [-0.2, 0) is 4.79 Å². The van der Waals surface area contributed by atoms with Gasteiger partial charge in [0.2, 0.25) is 5.95 Å². The van der Waals surface area contributed by atoms with Crippen LogP contribution in [0.15, 0.2) is 12.1 Å². The third-order valence-electron chi connectivity index (χ3n) is 3.83. The number of rotatable bonds is 2. The van der Waals surface area contributed by atoms with Gasteiger partial charge in [-0.05, 0) is 26.8 Å². The zero-order chi connectivity index (χ0) is 15.1. The average molecular weight is 301 g/mol. The van der Waals surface area contributed by atoms with Crippen LogP contribution in [0.3, 0.4) is 0 Å². The fraction of sp³-hybridized carbons (Fsp3) is 0.571. The molecule has 0 spiro atoms. The van der Waals surface area contributed by atoms with Crippen LogP contribution in [0.2, 0.25) is 5.15 Å². The Morgan fingerprint density at radius 1 is 1.45 bits per heavy atom. The van der Waals surface area contributed by atoms with E-state index in [9.17, 15) is 14.3 Å². The first-order chi connectivity index (χ1) is 9.20. The lowest BCUT2D eigenvalue weighted by Crippen LogP contribution is -2.40. The lowest BCUT2D eigenvalue weighted by atomic mass is 9.90. The van der Waals surface area contributed by atoms with Crippen molar-refractivity contribution in [3.05, 3.63) is 28.8 Å². The second kappa shape index (κ2) is 5.30. The lowest BCUT2D eigenvalue weighted by molar-refractivity contribution is -0.141. The monoisotopic (exact) mass is 300 g/mol. The fourth-order valence-corrected chi connectivity index (χ4v) is 2.75. The first-order valence-electron chi connectivity index (χ1n) is 6.50. The summed E-state index contributed by atoms with van der Waals surface area (Å²) < 4.78 is 14.0. The van der Waals surface area contributed by atoms with Crippen LogP contribution in [0.4, 0.5) is 4.39 Å². The van der Waals surface area contributed by atoms with Crippen LogP contribution in [0.5, 0.6) is 0 Å². The molecular weight excluding hydrogens is 283 g/mol. The second-order valence-electron chi connectivity index (χ2n) is 6.14. The smallest absolute Gasteiger partial charge is 0.308 e. The molecule has 1 N–H and O–H groups in total. The van der Waals surface area contributed by atoms with E-state index in [0.29, 0.717) is 18.7 Å². The van der Waals surface area contributed by atoms with Crippen molar-refractivity contribution in [3.8, 4) is 0 Å². The summed E-state index contributed by atoms with van der Waals surface area (Å²) in [7, 11) is 0. The molecule has 20 heavy (non-hydrogen) atoms. The molecule has 1 fully saturated rings. The molecule has 110 valence electrons. The van der Waals surface area contributed by atoms with Gasteiger partial charge in [0.25, 0.3) is 0 Å². The van der Waals surface area contributed by atoms with E-state index in [1.165, 1.54) is 12.1 Å². The molecule has 2 atom stereocenters. The van der Waals surface area contributed by atoms with Crippen LogP contribution in [0.1, 0.15) is 32.3 Å². The highest BCUT2D eigenvalue weighted by molar-refractivity contribution is 6.29. The molecule has 1 saturated heterocycles. The molecule has 2 unspecified atom stereocenters. The topological polar surface area (TPSA) is 53.4 Å². The van der Waals surface area contributed by atoms with Crippen LogP contribution in [0, 0.1) is 11.9 Å². The molecule has 1 aliphatic heterocycles. The Morgan fingerprint density at radius 3 is 2.60 bits per heavy atom. The number of nitrogens with zero attached hydrogens (tertiary/aromatic N) is 2. The number of carbonyl (C=O) groups is 1. The number of aromatic nitrogens is 1. The quantitative estimate of drug-likeness (QED) is 0.853. The molecule has 0 saturated carbocycles. The van der Waals surface area contributed by atoms with E-state index in [-0.39, 0.29) is 10.7 Å². The van der Waals surface area contributed by atoms with Crippen molar-refractivity contribution in [2.75, 3.05) is 13.1 Å². The van der Waals surface area contributed by atoms with E-state index in [4.69, 9.17) is 11.6 Å². The lowest BCUT2D eigenvalue weighted by Gasteiger charge is -2.31. The summed E-state index contributed by atoms with van der Waals surface area (Å²) in [6, 6.07) is 3.04. The first-order valence-corrected chi connectivity index (χ1v) is 6.87. The average Bonchev–Trinajstić information content (AvgIpc) is 2.73. The minimum atomic E-state index is -0.906. The number of hydrogen-bond donors (Lipinski definition) is 1. The van der Waals surface area contributed by atoms with Gasteiger partial charge >= 0.3 is 5.97 Å². The van der Waals surface area contributed by atoms with E-state index in [0.717, 1.165) is 0 Å². The summed E-state index contributed by atoms with van der Waals surface area (Å²) in [5.74, 6) is -2.62. The van der Waals surface area contributed by atoms with E-state index in [1.54, 1.807) is 0 Å². The summed E-state index contributed by atoms with van der Waals surface area (Å²) in [6.07, 6.45) is 0. The Morgan fingerprint density at radius 2 is 2.10 bits per heavy atom. The fourth-order valence-electron chi connectivity index (χ4n) is 2.62. The zero-order valence-corrected chi connectivity index (χ0v) is 12.5. The highest BCUT2D eigenvalue weighted by Crippen LogP contribution is 2.37. The predicted octanol–water partition coefficient (Wildman–Crippen LogP) is 2.77. The van der Waals surface area contributed by atoms with Gasteiger partial charge < -0.3 is 5.11 Å². The van der Waals surface area contributed by atoms with Gasteiger partial charge in [0.15, 0.2) is 0 Å². The Labute approximate surface area is 122 Å². The Bertz CT molecular complexity index is 530. The van der Waals surface area contributed by atoms with Crippen molar-refractivity contribution in [1.29, 1.82) is 0 Å². The third-order valence-corrected chi connectivity index (χ3v) is 4.04. The van der Waals surface area contributed by atoms with Gasteiger partial charge in [-0.15, -0.1) is 0 Å². The highest BCUT2D eigenvalue weighted by atomic mass is 35.5. The van der Waals surface area contributed by atoms with Gasteiger partial charge in [0.05, 0.1) is 5.92 Å². The number of halogens is 2. The van der Waals surface area contributed by atoms with E-state index >= 15 is 0 Å². The maximum Gasteiger partial charge on any atom is 0.308 e. The summed E-state index contributed by atoms with van der Waals surface area (Å²) >= 11 is 5.65. The molecule has 2 heterocycles. The van der Waals surface area contributed by atoms with Crippen LogP contribution < -0.4 is 0 Å². The number of hydrogen-bond acceptors (Lipinski definition) is 3. The van der Waals surface area contributed by atoms with Crippen molar-refractivity contribution in [1.82, 2.24) is 9.88 Å². The van der Waals surface area contributed by atoms with Crippen molar-refractivity contribution in [2.24, 2.45) is 5.92 Å². The molecule has 2 rings (SSSR count). The Kier molecular flexibility index (Phi) is 4.02. The molecule has 4 nitrogen and oxygen atoms in total. The van der Waals surface area contributed by atoms with E-state index in [2.05, 4.69) is 9.88 Å². The minimum absolute atomic E-state index is 0.0730. The highest BCUT2D eigenvalue weighted by Gasteiger charge is 2.43. The molecule has 0 amide bonds. The summed E-state index contributed by atoms with van der Waals surface area (Å²) in [5, 5.41) is 9.45. The van der Waals surface area contributed by atoms with Gasteiger partial charge in [0, 0.05) is 30.1 Å². The maximum absolute atomic E-state index is 14.0. The van der Waals surface area contributed by atoms with Crippen molar-refractivity contribution >= 4 is 17.6 Å². The Hall–Kier alpha value is -1.20. The maximum atomic E-state index is 14.0. The number of pyridine rings is 1. The van der Waals surface area contributed by atoms with Crippen LogP contribution in [-0.4, -0.2) is 39.6 Å². The Balaban J connectivity index is 2.35. The van der Waals surface area contributed by atoms with E-state index < -0.39 is 23.8 Å². The second-order valence-corrected chi connectivity index (χ2v) is 6.53. The molecule has 0 radical (unpaired) electrons. The van der Waals surface area contributed by atoms with Gasteiger partial charge in [-0.1, -0.05) is 17.7 Å². The summed E-state index contributed by atoms with van der Waals surface area (Å²) in [4.78, 5) is 17.1. The molecule has 1 aromatic rings. The summed E-state index contributed by atoms with van der Waals surface area (Å²) in [5.41, 5.74) is 0.173. The predicted molar refractivity (Wildman–Crippen MR) is 74.4 cm³/mol. The molecule has 0 bridgehead atoms. The molecule has 1 aliphatic rings. The van der Waals surface area contributed by atoms with Crippen LogP contribution >= 0.6 is 11.6 Å². The molecular formula is C14H18ClFN2O2. The largest absolute Gasteiger partial charge is 0.481 e. The first kappa shape index (κ1) is 15.2. The number of likely N-dealkylation sites (tertiary alicyclic amines) is 1. The minimum Gasteiger partial charge on any atom is -0.481 e. The summed E-state index contributed by atoms with van der Waals surface area (Å²) in [6.45, 7) is 6.96. The van der Waals surface area contributed by atoms with Crippen molar-refractivity contribution in [3.63, 3.8) is 0 Å². The SMILES string of the molecule is CC(C)(C)N1CC(C(=O)O)C(c2ccc(Cl)nc2F)C1. The molecule has 0 aromatic carbocycles. The standard InChI is InChI=1S/C14H18ClFN2O2/c1-14(2,3)18-6-9(10(7-18)13(19)20)8-4-5-11(15)17-12(8)16/h4-5,9-10H,6-7H2,1-3H3,(H,19,20). The van der Waals surface area contributed by atoms with E-state index in [1.807, 2.05) is 20.8 Å². The third kappa shape index (κ3) is 2.94. The molecule has 6 heteroatoms. The zero-order valence-electron chi connectivity index (χ0n) is 11.7. The number of carboxylic acids is 1. The van der Waals surface area contributed by atoms with Gasteiger partial charge in [-0.2, -0.15) is 4.39 Å². The van der Waals surface area contributed by atoms with Gasteiger partial charge in [-0.3, -0.25) is 9.69 Å². The van der Waals surface area contributed by atoms with Crippen molar-refractivity contribution < 1.29 is 14.3 Å². The van der Waals surface area contributed by atoms with Crippen LogP contribution in [0.25, 0.3) is 0 Å². The van der Waals surface area contributed by atoms with Gasteiger partial charge in [0.1, 0.15) is 5.15 Å². The van der Waals surface area contributed by atoms with Crippen molar-refractivity contribution in [2.45, 2.75) is 32.2 Å².